The number of hydrogen-bond acceptors (Lipinski definition) is 5. The van der Waals surface area contributed by atoms with E-state index < -0.39 is 5.92 Å². The Morgan fingerprint density at radius 2 is 1.39 bits per heavy atom. The number of carbonyl (C=O) groups excluding carboxylic acids is 2. The minimum absolute atomic E-state index is 0.118. The van der Waals surface area contributed by atoms with E-state index >= 15 is 0 Å². The summed E-state index contributed by atoms with van der Waals surface area (Å²) in [5.74, 6) is 0.984. The first kappa shape index (κ1) is 32.3. The Balaban J connectivity index is 1.51. The fraction of sp³-hybridized carbons (Fsp3) is 0.400. The fourth-order valence-electron chi connectivity index (χ4n) is 7.45. The molecule has 0 unspecified atom stereocenters. The lowest BCUT2D eigenvalue weighted by Crippen LogP contribution is -2.44. The second-order valence-corrected chi connectivity index (χ2v) is 15.5. The van der Waals surface area contributed by atoms with E-state index in [4.69, 9.17) is 9.47 Å². The molecule has 0 amide bonds. The molecule has 1 heterocycles. The van der Waals surface area contributed by atoms with E-state index in [0.29, 0.717) is 44.1 Å². The van der Waals surface area contributed by atoms with Crippen LogP contribution in [0, 0.1) is 17.8 Å². The number of carbonyl (C=O) groups is 2. The number of nitrogens with zero attached hydrogens (tertiary/aromatic N) is 1. The van der Waals surface area contributed by atoms with Crippen LogP contribution < -0.4 is 9.47 Å². The highest BCUT2D eigenvalue weighted by Crippen LogP contribution is 2.56. The molecule has 0 N–H and O–H groups in total. The normalized spacial score (nSPS) is 19.2. The lowest BCUT2D eigenvalue weighted by Gasteiger charge is -2.49. The van der Waals surface area contributed by atoms with Gasteiger partial charge in [0.05, 0.1) is 11.1 Å². The van der Waals surface area contributed by atoms with E-state index in [9.17, 15) is 9.59 Å². The Morgan fingerprint density at radius 1 is 0.783 bits per heavy atom. The van der Waals surface area contributed by atoms with Crippen LogP contribution in [0.4, 0.5) is 0 Å². The summed E-state index contributed by atoms with van der Waals surface area (Å²) in [6.45, 7) is 14.2. The maximum absolute atomic E-state index is 14.3. The van der Waals surface area contributed by atoms with Gasteiger partial charge in [-0.15, -0.1) is 0 Å². The molecule has 0 saturated carbocycles. The zero-order valence-electron chi connectivity index (χ0n) is 27.8. The number of allylic oxidation sites excluding steroid dienone is 4. The van der Waals surface area contributed by atoms with Gasteiger partial charge < -0.3 is 14.4 Å². The second kappa shape index (κ2) is 12.5. The number of halogens is 1. The summed E-state index contributed by atoms with van der Waals surface area (Å²) in [5, 5.41) is 0. The third-order valence-corrected chi connectivity index (χ3v) is 9.93. The minimum Gasteiger partial charge on any atom is -0.490 e. The highest BCUT2D eigenvalue weighted by molar-refractivity contribution is 9.10. The first-order chi connectivity index (χ1) is 21.9. The van der Waals surface area contributed by atoms with Crippen molar-refractivity contribution in [2.75, 3.05) is 6.61 Å². The number of benzene rings is 3. The van der Waals surface area contributed by atoms with E-state index in [1.807, 2.05) is 49.4 Å². The fourth-order valence-corrected chi connectivity index (χ4v) is 8.03. The van der Waals surface area contributed by atoms with Gasteiger partial charge in [-0.3, -0.25) is 9.59 Å². The van der Waals surface area contributed by atoms with Gasteiger partial charge in [-0.25, -0.2) is 0 Å². The van der Waals surface area contributed by atoms with Crippen LogP contribution in [-0.2, 0) is 22.7 Å². The van der Waals surface area contributed by atoms with Gasteiger partial charge in [-0.2, -0.15) is 0 Å². The lowest BCUT2D eigenvalue weighted by molar-refractivity contribution is -0.119. The monoisotopic (exact) mass is 681 g/mol. The molecule has 3 aromatic carbocycles. The maximum atomic E-state index is 14.3. The number of rotatable bonds is 8. The molecule has 5 nitrogen and oxygen atoms in total. The maximum Gasteiger partial charge on any atom is 0.175 e. The summed E-state index contributed by atoms with van der Waals surface area (Å²) in [7, 11) is 0. The van der Waals surface area contributed by atoms with Crippen molar-refractivity contribution in [2.24, 2.45) is 10.8 Å². The molecular weight excluding hydrogens is 638 g/mol. The van der Waals surface area contributed by atoms with Gasteiger partial charge >= 0.3 is 0 Å². The van der Waals surface area contributed by atoms with Crippen molar-refractivity contribution < 1.29 is 19.1 Å². The predicted molar refractivity (Wildman–Crippen MR) is 186 cm³/mol. The number of Topliss-reactive ketones (excluding diaryl/α,β-unsaturated/α-hetero) is 2. The van der Waals surface area contributed by atoms with Crippen LogP contribution in [0.25, 0.3) is 0 Å². The number of ether oxygens (including phenoxy) is 2. The summed E-state index contributed by atoms with van der Waals surface area (Å²) < 4.78 is 13.3. The summed E-state index contributed by atoms with van der Waals surface area (Å²) in [5.41, 5.74) is 7.50. The third-order valence-electron chi connectivity index (χ3n) is 9.34. The van der Waals surface area contributed by atoms with Crippen molar-refractivity contribution >= 4 is 27.5 Å². The minimum atomic E-state index is -0.467. The van der Waals surface area contributed by atoms with E-state index in [1.165, 1.54) is 5.56 Å². The Kier molecular flexibility index (Phi) is 8.79. The van der Waals surface area contributed by atoms with Crippen LogP contribution in [0.1, 0.15) is 88.5 Å². The van der Waals surface area contributed by atoms with Crippen molar-refractivity contribution in [3.63, 3.8) is 0 Å². The van der Waals surface area contributed by atoms with E-state index in [2.05, 4.69) is 79.7 Å². The van der Waals surface area contributed by atoms with Crippen molar-refractivity contribution in [1.29, 1.82) is 0 Å². The van der Waals surface area contributed by atoms with Crippen LogP contribution in [0.15, 0.2) is 93.7 Å². The zero-order chi connectivity index (χ0) is 32.8. The highest BCUT2D eigenvalue weighted by atomic mass is 79.9. The zero-order valence-corrected chi connectivity index (χ0v) is 29.4. The predicted octanol–water partition coefficient (Wildman–Crippen LogP) is 9.62. The van der Waals surface area contributed by atoms with Crippen LogP contribution in [0.5, 0.6) is 11.5 Å². The molecule has 240 valence electrons. The van der Waals surface area contributed by atoms with Gasteiger partial charge in [0.2, 0.25) is 0 Å². The van der Waals surface area contributed by atoms with Gasteiger partial charge in [0.15, 0.2) is 23.1 Å². The first-order valence-corrected chi connectivity index (χ1v) is 17.1. The second-order valence-electron chi connectivity index (χ2n) is 14.6. The third kappa shape index (κ3) is 6.46. The summed E-state index contributed by atoms with van der Waals surface area (Å²) in [4.78, 5) is 30.9. The highest BCUT2D eigenvalue weighted by Gasteiger charge is 2.49. The molecule has 0 radical (unpaired) electrons. The average Bonchev–Trinajstić information content (AvgIpc) is 2.97. The molecule has 0 fully saturated rings. The Morgan fingerprint density at radius 3 is 1.98 bits per heavy atom. The Bertz CT molecular complexity index is 1700. The molecule has 3 aromatic rings. The standard InChI is InChI=1S/C40H44BrNO4/c1-7-45-34-18-28(17-29(41)38(34)46-24-27-15-11-12-25(2)16-27)35-36-30(19-39(3,4)21-32(36)43)42(23-26-13-9-8-10-14-26)31-20-40(5,6)22-33(44)37(31)35/h8-18,35H,7,19-24H2,1-6H3. The van der Waals surface area contributed by atoms with Crippen molar-refractivity contribution in [1.82, 2.24) is 4.90 Å². The van der Waals surface area contributed by atoms with Gasteiger partial charge in [-0.1, -0.05) is 87.9 Å². The van der Waals surface area contributed by atoms with Crippen molar-refractivity contribution in [2.45, 2.75) is 86.3 Å². The SMILES string of the molecule is CCOc1cc(C2C3=C(CC(C)(C)CC3=O)N(Cc3ccccc3)C3=C2C(=O)CC(C)(C)C3)cc(Br)c1OCc1cccc(C)c1. The molecule has 3 aliphatic rings. The molecule has 6 heteroatoms. The smallest absolute Gasteiger partial charge is 0.175 e. The van der Waals surface area contributed by atoms with Crippen LogP contribution in [-0.4, -0.2) is 23.1 Å². The van der Waals surface area contributed by atoms with E-state index in [1.54, 1.807) is 0 Å². The summed E-state index contributed by atoms with van der Waals surface area (Å²) in [6, 6.07) is 22.6. The van der Waals surface area contributed by atoms with Crippen LogP contribution >= 0.6 is 15.9 Å². The molecule has 6 rings (SSSR count). The van der Waals surface area contributed by atoms with Crippen LogP contribution in [0.2, 0.25) is 0 Å². The summed E-state index contributed by atoms with van der Waals surface area (Å²) >= 11 is 3.80. The molecule has 46 heavy (non-hydrogen) atoms. The molecule has 0 saturated heterocycles. The van der Waals surface area contributed by atoms with E-state index in [0.717, 1.165) is 56.5 Å². The Labute approximate surface area is 281 Å². The quantitative estimate of drug-likeness (QED) is 0.237. The molecule has 0 atom stereocenters. The summed E-state index contributed by atoms with van der Waals surface area (Å²) in [6.07, 6.45) is 2.42. The van der Waals surface area contributed by atoms with Gasteiger partial charge in [-0.05, 0) is 82.3 Å². The molecule has 2 aliphatic carbocycles. The molecular formula is C40H44BrNO4. The molecule has 0 bridgehead atoms. The van der Waals surface area contributed by atoms with Crippen molar-refractivity contribution in [3.8, 4) is 11.5 Å². The first-order valence-electron chi connectivity index (χ1n) is 16.3. The number of aryl methyl sites for hydroxylation is 1. The average molecular weight is 683 g/mol. The van der Waals surface area contributed by atoms with Gasteiger partial charge in [0.25, 0.3) is 0 Å². The topological polar surface area (TPSA) is 55.8 Å². The van der Waals surface area contributed by atoms with Gasteiger partial charge in [0, 0.05) is 47.8 Å². The number of hydrogen-bond donors (Lipinski definition) is 0. The lowest BCUT2D eigenvalue weighted by atomic mass is 9.63. The number of ketones is 2. The van der Waals surface area contributed by atoms with Gasteiger partial charge in [0.1, 0.15) is 6.61 Å². The Hall–Kier alpha value is -3.64. The van der Waals surface area contributed by atoms with Crippen molar-refractivity contribution in [3.05, 3.63) is 116 Å². The molecule has 0 aromatic heterocycles. The molecule has 1 aliphatic heterocycles. The largest absolute Gasteiger partial charge is 0.490 e. The van der Waals surface area contributed by atoms with Crippen LogP contribution in [0.3, 0.4) is 0 Å². The molecule has 0 spiro atoms. The van der Waals surface area contributed by atoms with E-state index in [-0.39, 0.29) is 22.4 Å².